The van der Waals surface area contributed by atoms with Crippen molar-refractivity contribution in [2.24, 2.45) is 10.8 Å². The molecule has 5 aromatic rings. The van der Waals surface area contributed by atoms with E-state index in [0.717, 1.165) is 83.2 Å². The third-order valence-electron chi connectivity index (χ3n) is 10.9. The second kappa shape index (κ2) is 15.1. The first-order valence-corrected chi connectivity index (χ1v) is 17.6. The number of fused-ring (bicyclic) bond motifs is 6. The van der Waals surface area contributed by atoms with E-state index < -0.39 is 0 Å². The fraction of sp³-hybridized carbons (Fsp3) is 0.419. The van der Waals surface area contributed by atoms with E-state index in [4.69, 9.17) is 9.40 Å². The maximum atomic E-state index is 12.2. The van der Waals surface area contributed by atoms with Crippen LogP contribution < -0.4 is 0 Å². The van der Waals surface area contributed by atoms with Crippen molar-refractivity contribution in [2.75, 3.05) is 0 Å². The van der Waals surface area contributed by atoms with Crippen LogP contribution in [0.25, 0.3) is 44.3 Å². The number of carbonyl (C=O) groups is 1. The molecule has 3 heterocycles. The smallest absolute Gasteiger partial charge is 0.164 e. The fourth-order valence-electron chi connectivity index (χ4n) is 6.52. The van der Waals surface area contributed by atoms with E-state index in [2.05, 4.69) is 68.2 Å². The Balaban J connectivity index is 0.000000260. The minimum absolute atomic E-state index is 0. The van der Waals surface area contributed by atoms with Crippen molar-refractivity contribution in [3.05, 3.63) is 95.6 Å². The van der Waals surface area contributed by atoms with Gasteiger partial charge in [-0.15, -0.1) is 29.1 Å². The number of aliphatic hydroxyl groups is 1. The van der Waals surface area contributed by atoms with Crippen molar-refractivity contribution in [3.63, 3.8) is 0 Å². The van der Waals surface area contributed by atoms with E-state index in [1.165, 1.54) is 22.6 Å². The molecule has 6 heteroatoms. The van der Waals surface area contributed by atoms with Gasteiger partial charge in [-0.2, -0.15) is 0 Å². The van der Waals surface area contributed by atoms with Crippen molar-refractivity contribution in [2.45, 2.75) is 106 Å². The molecule has 0 fully saturated rings. The van der Waals surface area contributed by atoms with Gasteiger partial charge in [0.2, 0.25) is 0 Å². The molecule has 0 bridgehead atoms. The third kappa shape index (κ3) is 7.47. The van der Waals surface area contributed by atoms with Crippen LogP contribution in [0.4, 0.5) is 0 Å². The number of ketones is 1. The summed E-state index contributed by atoms with van der Waals surface area (Å²) in [6.07, 6.45) is 10.3. The number of aliphatic hydroxyl groups excluding tert-OH is 1. The summed E-state index contributed by atoms with van der Waals surface area (Å²) in [6, 6.07) is 20.5. The molecule has 0 saturated heterocycles. The summed E-state index contributed by atoms with van der Waals surface area (Å²) in [5.41, 5.74) is 7.01. The Kier molecular flexibility index (Phi) is 11.8. The molecular weight excluding hydrogens is 785 g/mol. The Morgan fingerprint density at radius 1 is 0.878 bits per heavy atom. The number of pyridine rings is 2. The Labute approximate surface area is 306 Å². The number of furan rings is 1. The Bertz CT molecular complexity index is 1970. The summed E-state index contributed by atoms with van der Waals surface area (Å²) in [4.78, 5) is 21.6. The van der Waals surface area contributed by atoms with Crippen LogP contribution in [0.1, 0.15) is 105 Å². The molecule has 1 aliphatic rings. The van der Waals surface area contributed by atoms with Crippen LogP contribution in [-0.2, 0) is 43.2 Å². The number of allylic oxidation sites excluding steroid dienone is 2. The van der Waals surface area contributed by atoms with Gasteiger partial charge in [-0.25, -0.2) is 0 Å². The molecule has 3 aromatic heterocycles. The summed E-state index contributed by atoms with van der Waals surface area (Å²) in [5, 5.41) is 13.6. The van der Waals surface area contributed by atoms with Crippen LogP contribution in [0, 0.1) is 16.9 Å². The molecule has 5 nitrogen and oxygen atoms in total. The molecule has 1 radical (unpaired) electrons. The topological polar surface area (TPSA) is 76.2 Å². The Morgan fingerprint density at radius 2 is 1.55 bits per heavy atom. The van der Waals surface area contributed by atoms with Crippen molar-refractivity contribution < 1.29 is 34.4 Å². The Hall–Kier alpha value is -3.60. The van der Waals surface area contributed by atoms with Gasteiger partial charge in [0.1, 0.15) is 17.1 Å². The van der Waals surface area contributed by atoms with Crippen molar-refractivity contribution in [3.8, 4) is 22.6 Å². The number of hydrogen-bond acceptors (Lipinski definition) is 5. The molecule has 0 spiro atoms. The van der Waals surface area contributed by atoms with Gasteiger partial charge in [0.15, 0.2) is 5.78 Å². The summed E-state index contributed by atoms with van der Waals surface area (Å²) in [7, 11) is 0. The quantitative estimate of drug-likeness (QED) is 0.0957. The maximum Gasteiger partial charge on any atom is 0.164 e. The largest absolute Gasteiger partial charge is 0.512 e. The number of nitrogens with zero attached hydrogens (tertiary/aromatic N) is 2. The van der Waals surface area contributed by atoms with E-state index in [9.17, 15) is 9.90 Å². The minimum atomic E-state index is -0.337. The second-order valence-corrected chi connectivity index (χ2v) is 14.8. The van der Waals surface area contributed by atoms with Crippen molar-refractivity contribution in [1.29, 1.82) is 0 Å². The fourth-order valence-corrected chi connectivity index (χ4v) is 6.52. The minimum Gasteiger partial charge on any atom is -0.512 e. The van der Waals surface area contributed by atoms with E-state index in [1.54, 1.807) is 0 Å². The Morgan fingerprint density at radius 3 is 2.20 bits per heavy atom. The number of benzene rings is 2. The first-order valence-electron chi connectivity index (χ1n) is 17.6. The number of aryl methyl sites for hydroxylation is 2. The van der Waals surface area contributed by atoms with Gasteiger partial charge in [0.05, 0.1) is 5.69 Å². The predicted molar refractivity (Wildman–Crippen MR) is 198 cm³/mol. The molecule has 0 unspecified atom stereocenters. The van der Waals surface area contributed by atoms with Gasteiger partial charge in [0, 0.05) is 71.6 Å². The first kappa shape index (κ1) is 38.2. The van der Waals surface area contributed by atoms with E-state index in [-0.39, 0.29) is 47.9 Å². The standard InChI is InChI=1S/C28H23N2O.C15H28O2.Ir/c1-28(2,3)22-16-18(15-17-7-4-5-8-19(17)22)26-25-21-10-11-23-20(9-6-13-29-23)27(21)31-24(25)12-14-30-26;1-7-14(5,8-2)12(16)11-13(17)15(6,9-3)10-4;/h4-9,12-14,16H,10-11H2,1-3H3;11,16H,7-10H2,1-6H3;/q-1;;/b;12-11-;. The van der Waals surface area contributed by atoms with Gasteiger partial charge in [-0.1, -0.05) is 91.5 Å². The van der Waals surface area contributed by atoms with Crippen molar-refractivity contribution >= 4 is 27.5 Å². The third-order valence-corrected chi connectivity index (χ3v) is 10.9. The molecule has 0 amide bonds. The van der Waals surface area contributed by atoms with Gasteiger partial charge < -0.3 is 9.52 Å². The molecule has 0 aliphatic heterocycles. The van der Waals surface area contributed by atoms with Crippen LogP contribution in [0.15, 0.2) is 77.2 Å². The number of rotatable bonds is 8. The predicted octanol–water partition coefficient (Wildman–Crippen LogP) is 11.6. The molecule has 261 valence electrons. The number of hydrogen-bond donors (Lipinski definition) is 1. The van der Waals surface area contributed by atoms with Crippen LogP contribution in [0.5, 0.6) is 0 Å². The molecular formula is C43H51IrN2O3-. The summed E-state index contributed by atoms with van der Waals surface area (Å²) < 4.78 is 6.37. The average Bonchev–Trinajstić information content (AvgIpc) is 3.49. The molecule has 0 atom stereocenters. The van der Waals surface area contributed by atoms with Crippen LogP contribution in [0.2, 0.25) is 0 Å². The zero-order chi connectivity index (χ0) is 34.9. The van der Waals surface area contributed by atoms with Crippen molar-refractivity contribution in [1.82, 2.24) is 9.97 Å². The van der Waals surface area contributed by atoms with E-state index in [1.807, 2.05) is 66.1 Å². The first-order chi connectivity index (χ1) is 22.8. The molecule has 1 aliphatic carbocycles. The van der Waals surface area contributed by atoms with Gasteiger partial charge in [-0.05, 0) is 62.1 Å². The van der Waals surface area contributed by atoms with Gasteiger partial charge in [-0.3, -0.25) is 14.8 Å². The van der Waals surface area contributed by atoms with Crippen LogP contribution in [-0.4, -0.2) is 20.9 Å². The normalized spacial score (nSPS) is 13.3. The maximum absolute atomic E-state index is 12.2. The monoisotopic (exact) mass is 836 g/mol. The number of carbonyl (C=O) groups excluding carboxylic acids is 1. The SMILES string of the molecule is CC(C)(C)c1cc(-c2nccc3oc4c(c23)CCc2ncccc2-4)[c-]c2ccccc12.CCC(C)(CC)C(=O)/C=C(\O)C(C)(CC)CC.[Ir]. The van der Waals surface area contributed by atoms with Gasteiger partial charge >= 0.3 is 0 Å². The summed E-state index contributed by atoms with van der Waals surface area (Å²) in [5.74, 6) is 1.23. The second-order valence-electron chi connectivity index (χ2n) is 14.8. The molecule has 6 rings (SSSR count). The molecule has 1 N–H and O–H groups in total. The zero-order valence-corrected chi connectivity index (χ0v) is 33.0. The molecule has 2 aromatic carbocycles. The van der Waals surface area contributed by atoms with E-state index >= 15 is 0 Å². The van der Waals surface area contributed by atoms with Crippen LogP contribution >= 0.6 is 0 Å². The van der Waals surface area contributed by atoms with Gasteiger partial charge in [0.25, 0.3) is 0 Å². The molecule has 0 saturated carbocycles. The zero-order valence-electron chi connectivity index (χ0n) is 30.6. The average molecular weight is 836 g/mol. The number of aromatic nitrogens is 2. The van der Waals surface area contributed by atoms with E-state index in [0.29, 0.717) is 0 Å². The summed E-state index contributed by atoms with van der Waals surface area (Å²) in [6.45, 7) is 18.9. The summed E-state index contributed by atoms with van der Waals surface area (Å²) >= 11 is 0. The van der Waals surface area contributed by atoms with Crippen LogP contribution in [0.3, 0.4) is 0 Å². The molecule has 49 heavy (non-hydrogen) atoms.